The number of pyridine rings is 1. The number of fused-ring (bicyclic) bond motifs is 6. The van der Waals surface area contributed by atoms with E-state index in [0.29, 0.717) is 42.3 Å². The van der Waals surface area contributed by atoms with E-state index in [2.05, 4.69) is 179 Å². The van der Waals surface area contributed by atoms with Crippen LogP contribution in [0.15, 0.2) is 162 Å². The molecule has 91 heavy (non-hydrogen) atoms. The van der Waals surface area contributed by atoms with Gasteiger partial charge in [-0.3, -0.25) is 4.99 Å². The number of aromatic nitrogens is 9. The summed E-state index contributed by atoms with van der Waals surface area (Å²) >= 11 is 1.70. The maximum atomic E-state index is 5.46. The number of hydrogen-bond donors (Lipinski definition) is 7. The number of thiazole rings is 1. The molecular weight excluding hydrogens is 1150 g/mol. The molecule has 7 N–H and O–H groups in total. The zero-order valence-corrected chi connectivity index (χ0v) is 59.8. The Morgan fingerprint density at radius 2 is 1.02 bits per heavy atom. The average molecular weight is 1270 g/mol. The summed E-state index contributed by atoms with van der Waals surface area (Å²) in [4.78, 5) is 29.6. The number of para-hydroxylation sites is 6. The SMILES string of the molecule is C.CC.CC.CC.CC.CC.CC.CC(C)N=C1Cc2ccccc2N1.CC(C)Nc1cn2ccccc2n1.CC(C)Nc1cn2ncccc2n1.CC(C)Nc1nc2ccccc2[nH]1.CC(C)Nc1nc2ccccc2o1.CC(C)Nc1nc2ccccc2s1. The van der Waals surface area contributed by atoms with E-state index in [9.17, 15) is 0 Å². The van der Waals surface area contributed by atoms with E-state index < -0.39 is 0 Å². The minimum absolute atomic E-state index is 0. The molecule has 0 spiro atoms. The second-order valence-electron chi connectivity index (χ2n) is 20.2. The third kappa shape index (κ3) is 30.7. The van der Waals surface area contributed by atoms with Crippen LogP contribution in [0.3, 0.4) is 0 Å². The third-order valence-electron chi connectivity index (χ3n) is 10.8. The minimum Gasteiger partial charge on any atom is -0.424 e. The van der Waals surface area contributed by atoms with Crippen molar-refractivity contribution in [1.29, 1.82) is 0 Å². The maximum absolute atomic E-state index is 5.46. The molecule has 18 heteroatoms. The van der Waals surface area contributed by atoms with Crippen LogP contribution in [0, 0.1) is 0 Å². The lowest BCUT2D eigenvalue weighted by molar-refractivity contribution is 0.606. The number of benzene rings is 4. The molecule has 17 nitrogen and oxygen atoms in total. The summed E-state index contributed by atoms with van der Waals surface area (Å²) in [5.74, 6) is 3.74. The number of nitrogens with zero attached hydrogens (tertiary/aromatic N) is 9. The molecule has 0 aliphatic carbocycles. The lowest BCUT2D eigenvalue weighted by Crippen LogP contribution is -2.10. The normalized spacial score (nSPS) is 10.8. The van der Waals surface area contributed by atoms with Gasteiger partial charge in [-0.2, -0.15) is 10.1 Å². The van der Waals surface area contributed by atoms with Gasteiger partial charge in [0.15, 0.2) is 16.4 Å². The molecule has 0 amide bonds. The molecule has 0 bridgehead atoms. The summed E-state index contributed by atoms with van der Waals surface area (Å²) in [6.45, 7) is 49.1. The van der Waals surface area contributed by atoms with Gasteiger partial charge in [0.25, 0.3) is 6.01 Å². The molecule has 4 aromatic carbocycles. The fraction of sp³-hybridized carbons (Fsp3) is 0.438. The number of aromatic amines is 1. The second kappa shape index (κ2) is 47.4. The molecule has 0 atom stereocenters. The largest absolute Gasteiger partial charge is 0.424 e. The summed E-state index contributed by atoms with van der Waals surface area (Å²) < 4.78 is 10.5. The Morgan fingerprint density at radius 1 is 0.495 bits per heavy atom. The highest BCUT2D eigenvalue weighted by molar-refractivity contribution is 7.22. The van der Waals surface area contributed by atoms with E-state index in [0.717, 1.165) is 73.9 Å². The highest BCUT2D eigenvalue weighted by Gasteiger charge is 2.15. The van der Waals surface area contributed by atoms with Crippen LogP contribution in [0.25, 0.3) is 43.6 Å². The number of amidine groups is 1. The van der Waals surface area contributed by atoms with Crippen molar-refractivity contribution in [2.75, 3.05) is 31.9 Å². The molecule has 0 saturated heterocycles. The highest BCUT2D eigenvalue weighted by atomic mass is 32.1. The number of H-pyrrole nitrogens is 1. The van der Waals surface area contributed by atoms with Crippen molar-refractivity contribution in [3.8, 4) is 0 Å². The van der Waals surface area contributed by atoms with E-state index in [1.165, 1.54) is 16.0 Å². The predicted octanol–water partition coefficient (Wildman–Crippen LogP) is 21.1. The monoisotopic (exact) mass is 1260 g/mol. The first-order chi connectivity index (χ1) is 43.5. The molecule has 1 aliphatic heterocycles. The van der Waals surface area contributed by atoms with Crippen LogP contribution in [-0.4, -0.2) is 86.0 Å². The molecule has 8 heterocycles. The average Bonchev–Trinajstić information content (AvgIpc) is 4.47. The van der Waals surface area contributed by atoms with Crippen molar-refractivity contribution in [3.63, 3.8) is 0 Å². The minimum atomic E-state index is 0. The van der Waals surface area contributed by atoms with Gasteiger partial charge in [-0.05, 0) is 155 Å². The van der Waals surface area contributed by atoms with E-state index in [-0.39, 0.29) is 7.43 Å². The Labute approximate surface area is 551 Å². The molecule has 1 aliphatic rings. The lowest BCUT2D eigenvalue weighted by Gasteiger charge is -2.04. The molecule has 0 unspecified atom stereocenters. The summed E-state index contributed by atoms with van der Waals surface area (Å²) in [6.07, 6.45) is 8.57. The standard InChI is InChI=1S/C11H14N2.2C10H13N3.C10H12N2O.C10H12N2S.C9H12N4.6C2H6.CH4/c1-8(2)12-11-7-9-5-3-4-6-10(9)13-11;1-8(2)11-9-7-13-6-4-3-5-10(13)12-9;3*1-7(2)11-10-12-8-5-3-4-6-9(8)13-10;1-7(2)11-8-6-13-9(12-8)4-3-5-10-13;6*1-2;/h3-6,8H,7H2,1-2H3,(H,12,13);3-8,11H,1-2H3;3-7H,1-2H3,(H2,11,12,13);2*3-7H,1-2H3,(H,11,12);3-7,11H,1-2H3;6*1-2H3;1H4. The number of nitrogens with one attached hydrogen (secondary N) is 7. The molecule has 0 saturated carbocycles. The number of hydrogen-bond acceptors (Lipinski definition) is 14. The van der Waals surface area contributed by atoms with Gasteiger partial charge in [0.2, 0.25) is 5.95 Å². The molecule has 0 fully saturated rings. The third-order valence-corrected chi connectivity index (χ3v) is 11.7. The van der Waals surface area contributed by atoms with E-state index in [4.69, 9.17) is 4.42 Å². The van der Waals surface area contributed by atoms with Crippen LogP contribution in [0.2, 0.25) is 0 Å². The van der Waals surface area contributed by atoms with Crippen LogP contribution in [0.5, 0.6) is 0 Å². The van der Waals surface area contributed by atoms with Gasteiger partial charge in [0, 0.05) is 60.8 Å². The lowest BCUT2D eigenvalue weighted by atomic mass is 10.2. The zero-order valence-electron chi connectivity index (χ0n) is 58.9. The first kappa shape index (κ1) is 82.5. The van der Waals surface area contributed by atoms with Gasteiger partial charge in [-0.15, -0.1) is 0 Å². The number of aliphatic imine (C=N–C) groups is 1. The summed E-state index contributed by atoms with van der Waals surface area (Å²) in [5.41, 5.74) is 9.28. The van der Waals surface area contributed by atoms with Gasteiger partial charge >= 0.3 is 0 Å². The Kier molecular flexibility index (Phi) is 43.0. The van der Waals surface area contributed by atoms with Crippen LogP contribution in [0.4, 0.5) is 34.4 Å². The summed E-state index contributed by atoms with van der Waals surface area (Å²) in [7, 11) is 0. The quantitative estimate of drug-likeness (QED) is 0.0646. The second-order valence-corrected chi connectivity index (χ2v) is 21.3. The topological polar surface area (TPSA) is 200 Å². The van der Waals surface area contributed by atoms with Gasteiger partial charge in [0.1, 0.15) is 28.6 Å². The van der Waals surface area contributed by atoms with Crippen molar-refractivity contribution in [1.82, 2.24) is 43.9 Å². The van der Waals surface area contributed by atoms with Gasteiger partial charge in [0.05, 0.1) is 33.6 Å². The van der Waals surface area contributed by atoms with Crippen molar-refractivity contribution < 1.29 is 4.42 Å². The van der Waals surface area contributed by atoms with Crippen LogP contribution < -0.4 is 31.9 Å². The smallest absolute Gasteiger partial charge is 0.295 e. The predicted molar refractivity (Wildman–Crippen MR) is 403 cm³/mol. The van der Waals surface area contributed by atoms with Crippen LogP contribution in [-0.2, 0) is 6.42 Å². The summed E-state index contributed by atoms with van der Waals surface area (Å²) in [6, 6.07) is 45.0. The van der Waals surface area contributed by atoms with Crippen molar-refractivity contribution >= 4 is 95.2 Å². The summed E-state index contributed by atoms with van der Waals surface area (Å²) in [5, 5.41) is 24.6. The van der Waals surface area contributed by atoms with Gasteiger partial charge in [-0.25, -0.2) is 24.5 Å². The zero-order chi connectivity index (χ0) is 67.6. The highest BCUT2D eigenvalue weighted by Crippen LogP contribution is 2.26. The number of oxazole rings is 1. The molecule has 12 rings (SSSR count). The van der Waals surface area contributed by atoms with Gasteiger partial charge in [-0.1, -0.05) is 163 Å². The maximum Gasteiger partial charge on any atom is 0.295 e. The fourth-order valence-corrected chi connectivity index (χ4v) is 8.73. The number of rotatable bonds is 11. The Morgan fingerprint density at radius 3 is 1.58 bits per heavy atom. The molecule has 500 valence electrons. The molecular formula is C73H116N16OS. The number of anilines is 6. The van der Waals surface area contributed by atoms with Crippen LogP contribution in [0.1, 0.15) is 179 Å². The van der Waals surface area contributed by atoms with Gasteiger partial charge < -0.3 is 45.7 Å². The molecule has 0 radical (unpaired) electrons. The molecule has 11 aromatic rings. The fourth-order valence-electron chi connectivity index (χ4n) is 7.72. The molecule has 7 aromatic heterocycles. The first-order valence-electron chi connectivity index (χ1n) is 32.7. The van der Waals surface area contributed by atoms with E-state index >= 15 is 0 Å². The van der Waals surface area contributed by atoms with Crippen molar-refractivity contribution in [2.24, 2.45) is 4.99 Å². The Hall–Kier alpha value is -8.51. The van der Waals surface area contributed by atoms with Crippen LogP contribution >= 0.6 is 11.3 Å². The van der Waals surface area contributed by atoms with Crippen molar-refractivity contribution in [2.45, 2.75) is 216 Å². The Balaban J connectivity index is 0.00000103. The van der Waals surface area contributed by atoms with E-state index in [1.807, 2.05) is 209 Å². The Bertz CT molecular complexity index is 2930. The van der Waals surface area contributed by atoms with Crippen molar-refractivity contribution in [3.05, 3.63) is 158 Å². The number of imidazole rings is 3. The first-order valence-corrected chi connectivity index (χ1v) is 33.5. The van der Waals surface area contributed by atoms with E-state index in [1.54, 1.807) is 22.0 Å².